The highest BCUT2D eigenvalue weighted by Gasteiger charge is 2.48. The van der Waals surface area contributed by atoms with Crippen molar-refractivity contribution >= 4 is 5.91 Å². The molecule has 126 valence electrons. The summed E-state index contributed by atoms with van der Waals surface area (Å²) in [7, 11) is 1.77. The molecule has 1 aliphatic carbocycles. The van der Waals surface area contributed by atoms with Gasteiger partial charge in [-0.3, -0.25) is 4.79 Å². The molecule has 1 heterocycles. The Morgan fingerprint density at radius 3 is 2.74 bits per heavy atom. The molecular formula is C16H19F3N2O2. The normalized spacial score (nSPS) is 26.9. The fraction of sp³-hybridized carbons (Fsp3) is 0.562. The number of rotatable bonds is 4. The van der Waals surface area contributed by atoms with Crippen LogP contribution in [-0.2, 0) is 4.79 Å². The molecule has 1 N–H and O–H groups in total. The lowest BCUT2D eigenvalue weighted by Gasteiger charge is -2.24. The Labute approximate surface area is 132 Å². The molecule has 0 radical (unpaired) electrons. The molecule has 0 bridgehead atoms. The van der Waals surface area contributed by atoms with Crippen molar-refractivity contribution < 1.29 is 22.7 Å². The molecule has 0 aromatic heterocycles. The highest BCUT2D eigenvalue weighted by molar-refractivity contribution is 5.83. The van der Waals surface area contributed by atoms with Gasteiger partial charge in [0, 0.05) is 25.6 Å². The number of halogens is 3. The number of para-hydroxylation sites is 1. The topological polar surface area (TPSA) is 41.6 Å². The van der Waals surface area contributed by atoms with Crippen molar-refractivity contribution in [1.82, 2.24) is 10.2 Å². The van der Waals surface area contributed by atoms with Crippen LogP contribution in [0.3, 0.4) is 0 Å². The van der Waals surface area contributed by atoms with Gasteiger partial charge in [0.05, 0.1) is 0 Å². The van der Waals surface area contributed by atoms with E-state index in [2.05, 4.69) is 10.1 Å². The molecule has 7 heteroatoms. The Bertz CT molecular complexity index is 585. The second kappa shape index (κ2) is 6.03. The van der Waals surface area contributed by atoms with Crippen LogP contribution in [0.5, 0.6) is 5.75 Å². The first kappa shape index (κ1) is 16.1. The monoisotopic (exact) mass is 328 g/mol. The zero-order valence-electron chi connectivity index (χ0n) is 12.8. The molecular weight excluding hydrogens is 309 g/mol. The van der Waals surface area contributed by atoms with Crippen LogP contribution in [0, 0.1) is 5.92 Å². The Kier molecular flexibility index (Phi) is 4.23. The van der Waals surface area contributed by atoms with Gasteiger partial charge in [-0.15, -0.1) is 13.2 Å². The van der Waals surface area contributed by atoms with Crippen LogP contribution in [0.1, 0.15) is 24.3 Å². The van der Waals surface area contributed by atoms with E-state index in [0.717, 1.165) is 19.5 Å². The average Bonchev–Trinajstić information content (AvgIpc) is 3.08. The summed E-state index contributed by atoms with van der Waals surface area (Å²) in [6, 6.07) is 6.25. The summed E-state index contributed by atoms with van der Waals surface area (Å²) in [6.07, 6.45) is -3.24. The number of hydrogen-bond donors (Lipinski definition) is 1. The van der Waals surface area contributed by atoms with E-state index in [0.29, 0.717) is 12.0 Å². The van der Waals surface area contributed by atoms with E-state index in [1.165, 1.54) is 12.1 Å². The molecule has 2 fully saturated rings. The molecule has 1 aromatic rings. The molecule has 1 aromatic carbocycles. The van der Waals surface area contributed by atoms with Gasteiger partial charge in [0.1, 0.15) is 5.75 Å². The number of benzene rings is 1. The third-order valence-electron chi connectivity index (χ3n) is 4.58. The first-order chi connectivity index (χ1) is 10.9. The van der Waals surface area contributed by atoms with Gasteiger partial charge in [0.2, 0.25) is 5.91 Å². The van der Waals surface area contributed by atoms with Crippen LogP contribution in [0.15, 0.2) is 24.3 Å². The second-order valence-electron chi connectivity index (χ2n) is 6.13. The summed E-state index contributed by atoms with van der Waals surface area (Å²) < 4.78 is 41.6. The minimum Gasteiger partial charge on any atom is -0.405 e. The number of ether oxygens (including phenoxy) is 1. The number of nitrogens with one attached hydrogen (secondary N) is 1. The van der Waals surface area contributed by atoms with Crippen molar-refractivity contribution in [3.63, 3.8) is 0 Å². The maximum Gasteiger partial charge on any atom is 0.573 e. The summed E-state index contributed by atoms with van der Waals surface area (Å²) in [5, 5.41) is 3.21. The number of carbonyl (C=O) groups is 1. The minimum atomic E-state index is -4.73. The first-order valence-electron chi connectivity index (χ1n) is 7.69. The summed E-state index contributed by atoms with van der Waals surface area (Å²) in [5.74, 6) is -0.646. The van der Waals surface area contributed by atoms with Gasteiger partial charge in [0.25, 0.3) is 0 Å². The van der Waals surface area contributed by atoms with Crippen LogP contribution >= 0.6 is 0 Å². The quantitative estimate of drug-likeness (QED) is 0.923. The van der Waals surface area contributed by atoms with E-state index in [4.69, 9.17) is 0 Å². The summed E-state index contributed by atoms with van der Waals surface area (Å²) in [6.45, 7) is 1.66. The Morgan fingerprint density at radius 2 is 2.09 bits per heavy atom. The molecule has 3 atom stereocenters. The Balaban J connectivity index is 1.69. The lowest BCUT2D eigenvalue weighted by Crippen LogP contribution is -2.39. The van der Waals surface area contributed by atoms with Gasteiger partial charge in [-0.05, 0) is 36.9 Å². The number of alkyl halides is 3. The van der Waals surface area contributed by atoms with E-state index in [1.54, 1.807) is 24.1 Å². The summed E-state index contributed by atoms with van der Waals surface area (Å²) >= 11 is 0. The van der Waals surface area contributed by atoms with E-state index in [-0.39, 0.29) is 29.5 Å². The average molecular weight is 328 g/mol. The predicted molar refractivity (Wildman–Crippen MR) is 78.0 cm³/mol. The largest absolute Gasteiger partial charge is 0.573 e. The van der Waals surface area contributed by atoms with Crippen molar-refractivity contribution in [2.24, 2.45) is 5.92 Å². The molecule has 2 aliphatic rings. The predicted octanol–water partition coefficient (Wildman–Crippen LogP) is 2.51. The maximum atomic E-state index is 12.5. The molecule has 1 aliphatic heterocycles. The highest BCUT2D eigenvalue weighted by Crippen LogP contribution is 2.51. The van der Waals surface area contributed by atoms with Crippen molar-refractivity contribution in [3.8, 4) is 5.75 Å². The molecule has 0 spiro atoms. The number of nitrogens with zero attached hydrogens (tertiary/aromatic N) is 1. The number of hydrogen-bond acceptors (Lipinski definition) is 3. The second-order valence-corrected chi connectivity index (χ2v) is 6.13. The van der Waals surface area contributed by atoms with E-state index in [1.807, 2.05) is 0 Å². The Hall–Kier alpha value is -1.76. The number of carbonyl (C=O) groups excluding carboxylic acids is 1. The number of amides is 1. The van der Waals surface area contributed by atoms with Gasteiger partial charge in [-0.2, -0.15) is 0 Å². The molecule has 0 unspecified atom stereocenters. The third-order valence-corrected chi connectivity index (χ3v) is 4.58. The molecule has 23 heavy (non-hydrogen) atoms. The molecule has 1 saturated carbocycles. The fourth-order valence-corrected chi connectivity index (χ4v) is 3.23. The molecule has 3 rings (SSSR count). The van der Waals surface area contributed by atoms with Gasteiger partial charge < -0.3 is 15.0 Å². The van der Waals surface area contributed by atoms with Crippen LogP contribution in [-0.4, -0.2) is 43.3 Å². The molecule has 1 amide bonds. The first-order valence-corrected chi connectivity index (χ1v) is 7.69. The molecule has 1 saturated heterocycles. The standard InChI is InChI=1S/C16H19F3N2O2/c1-21(10-6-7-20-9-10)15(22)13-8-12(13)11-4-2-3-5-14(11)23-16(17,18)19/h2-5,10,12-13,20H,6-9H2,1H3/t10-,12-,13-/m1/s1. The van der Waals surface area contributed by atoms with Crippen molar-refractivity contribution in [2.45, 2.75) is 31.2 Å². The minimum absolute atomic E-state index is 0.00510. The van der Waals surface area contributed by atoms with Crippen molar-refractivity contribution in [1.29, 1.82) is 0 Å². The van der Waals surface area contributed by atoms with Crippen LogP contribution in [0.2, 0.25) is 0 Å². The third kappa shape index (κ3) is 3.60. The van der Waals surface area contributed by atoms with Crippen LogP contribution in [0.4, 0.5) is 13.2 Å². The van der Waals surface area contributed by atoms with Crippen LogP contribution in [0.25, 0.3) is 0 Å². The van der Waals surface area contributed by atoms with Gasteiger partial charge in [0.15, 0.2) is 0 Å². The van der Waals surface area contributed by atoms with Crippen LogP contribution < -0.4 is 10.1 Å². The lowest BCUT2D eigenvalue weighted by atomic mass is 10.1. The number of likely N-dealkylation sites (N-methyl/N-ethyl adjacent to an activating group) is 1. The fourth-order valence-electron chi connectivity index (χ4n) is 3.23. The van der Waals surface area contributed by atoms with Gasteiger partial charge in [-0.25, -0.2) is 0 Å². The summed E-state index contributed by atoms with van der Waals surface area (Å²) in [4.78, 5) is 14.2. The summed E-state index contributed by atoms with van der Waals surface area (Å²) in [5.41, 5.74) is 0.459. The van der Waals surface area contributed by atoms with Gasteiger partial charge >= 0.3 is 6.36 Å². The Morgan fingerprint density at radius 1 is 1.35 bits per heavy atom. The van der Waals surface area contributed by atoms with E-state index >= 15 is 0 Å². The maximum absolute atomic E-state index is 12.5. The SMILES string of the molecule is CN(C(=O)[C@@H]1C[C@@H]1c1ccccc1OC(F)(F)F)[C@@H]1CCNC1. The molecule has 4 nitrogen and oxygen atoms in total. The smallest absolute Gasteiger partial charge is 0.405 e. The highest BCUT2D eigenvalue weighted by atomic mass is 19.4. The van der Waals surface area contributed by atoms with E-state index in [9.17, 15) is 18.0 Å². The van der Waals surface area contributed by atoms with Crippen molar-refractivity contribution in [3.05, 3.63) is 29.8 Å². The zero-order valence-corrected chi connectivity index (χ0v) is 12.8. The van der Waals surface area contributed by atoms with Gasteiger partial charge in [-0.1, -0.05) is 18.2 Å². The van der Waals surface area contributed by atoms with Crippen molar-refractivity contribution in [2.75, 3.05) is 20.1 Å². The lowest BCUT2D eigenvalue weighted by molar-refractivity contribution is -0.274. The zero-order chi connectivity index (χ0) is 16.6. The van der Waals surface area contributed by atoms with E-state index < -0.39 is 6.36 Å².